The first-order valence-electron chi connectivity index (χ1n) is 5.30. The highest BCUT2D eigenvalue weighted by Gasteiger charge is 2.10. The Balaban J connectivity index is 1.96. The van der Waals surface area contributed by atoms with Gasteiger partial charge in [-0.05, 0) is 12.1 Å². The maximum atomic E-state index is 11.5. The fourth-order valence-electron chi connectivity index (χ4n) is 1.71. The molecule has 0 spiro atoms. The Kier molecular flexibility index (Phi) is 2.92. The van der Waals surface area contributed by atoms with Crippen molar-refractivity contribution in [2.24, 2.45) is 0 Å². The van der Waals surface area contributed by atoms with Crippen molar-refractivity contribution in [3.63, 3.8) is 0 Å². The van der Waals surface area contributed by atoms with Gasteiger partial charge in [0.25, 0.3) is 0 Å². The van der Waals surface area contributed by atoms with E-state index in [0.29, 0.717) is 11.7 Å². The van der Waals surface area contributed by atoms with Crippen molar-refractivity contribution in [3.05, 3.63) is 35.6 Å². The van der Waals surface area contributed by atoms with Crippen molar-refractivity contribution >= 4 is 32.4 Å². The van der Waals surface area contributed by atoms with Crippen molar-refractivity contribution in [1.82, 2.24) is 19.7 Å². The molecule has 0 radical (unpaired) electrons. The number of aromatic nitrogens is 4. The van der Waals surface area contributed by atoms with E-state index < -0.39 is 10.8 Å². The molecule has 5 nitrogen and oxygen atoms in total. The second kappa shape index (κ2) is 4.58. The Labute approximate surface area is 110 Å². The fraction of sp³-hybridized carbons (Fsp3) is 0.182. The van der Waals surface area contributed by atoms with Gasteiger partial charge in [-0.3, -0.25) is 8.78 Å². The van der Waals surface area contributed by atoms with Gasteiger partial charge in [0.1, 0.15) is 11.3 Å². The molecule has 7 heteroatoms. The molecule has 1 aromatic carbocycles. The summed E-state index contributed by atoms with van der Waals surface area (Å²) in [5.74, 6) is 0. The van der Waals surface area contributed by atoms with E-state index in [0.717, 1.165) is 15.2 Å². The zero-order valence-electron chi connectivity index (χ0n) is 9.61. The highest BCUT2D eigenvalue weighted by atomic mass is 32.2. The molecular formula is C11H10N4OS2. The van der Waals surface area contributed by atoms with Crippen LogP contribution in [-0.4, -0.2) is 30.2 Å². The summed E-state index contributed by atoms with van der Waals surface area (Å²) >= 11 is 1.63. The van der Waals surface area contributed by atoms with Crippen LogP contribution in [0.5, 0.6) is 0 Å². The molecule has 0 unspecified atom stereocenters. The third-order valence-electron chi connectivity index (χ3n) is 2.48. The minimum absolute atomic E-state index is 0.481. The number of rotatable bonds is 3. The van der Waals surface area contributed by atoms with Crippen LogP contribution in [0.1, 0.15) is 5.01 Å². The molecule has 3 aromatic rings. The Morgan fingerprint density at radius 2 is 2.22 bits per heavy atom. The average Bonchev–Trinajstić information content (AvgIpc) is 2.94. The summed E-state index contributed by atoms with van der Waals surface area (Å²) in [6.45, 7) is 0.557. The molecule has 0 fully saturated rings. The molecule has 0 aliphatic heterocycles. The van der Waals surface area contributed by atoms with Crippen molar-refractivity contribution in [2.75, 3.05) is 6.26 Å². The SMILES string of the molecule is C[S@](=O)c1nncn1Cc1nc2ccccc2s1. The standard InChI is InChI=1S/C11H10N4OS2/c1-18(16)11-14-12-7-15(11)6-10-13-8-4-2-3-5-9(8)17-10/h2-5,7H,6H2,1H3/t18-/m0/s1. The number of benzene rings is 1. The summed E-state index contributed by atoms with van der Waals surface area (Å²) in [5, 5.41) is 9.09. The van der Waals surface area contributed by atoms with E-state index in [1.165, 1.54) is 0 Å². The highest BCUT2D eigenvalue weighted by Crippen LogP contribution is 2.22. The lowest BCUT2D eigenvalue weighted by atomic mass is 10.3. The number of para-hydroxylation sites is 1. The molecule has 0 aliphatic rings. The van der Waals surface area contributed by atoms with Crippen molar-refractivity contribution in [3.8, 4) is 0 Å². The van der Waals surface area contributed by atoms with Crippen molar-refractivity contribution < 1.29 is 4.21 Å². The van der Waals surface area contributed by atoms with Gasteiger partial charge < -0.3 is 0 Å². The van der Waals surface area contributed by atoms with Crippen molar-refractivity contribution in [1.29, 1.82) is 0 Å². The molecule has 1 atom stereocenters. The summed E-state index contributed by atoms with van der Waals surface area (Å²) in [6.07, 6.45) is 3.18. The molecule has 0 bridgehead atoms. The largest absolute Gasteiger partial charge is 0.300 e. The van der Waals surface area contributed by atoms with Crippen LogP contribution in [0.25, 0.3) is 10.2 Å². The van der Waals surface area contributed by atoms with Gasteiger partial charge in [-0.1, -0.05) is 12.1 Å². The zero-order valence-corrected chi connectivity index (χ0v) is 11.2. The predicted octanol–water partition coefficient (Wildman–Crippen LogP) is 1.67. The summed E-state index contributed by atoms with van der Waals surface area (Å²) in [7, 11) is -1.13. The van der Waals surface area contributed by atoms with E-state index in [4.69, 9.17) is 0 Å². The van der Waals surface area contributed by atoms with Gasteiger partial charge in [0, 0.05) is 6.26 Å². The van der Waals surface area contributed by atoms with Gasteiger partial charge >= 0.3 is 0 Å². The Hall–Kier alpha value is -1.60. The lowest BCUT2D eigenvalue weighted by Gasteiger charge is -2.00. The highest BCUT2D eigenvalue weighted by molar-refractivity contribution is 7.84. The summed E-state index contributed by atoms with van der Waals surface area (Å²) in [6, 6.07) is 7.99. The van der Waals surface area contributed by atoms with Crippen LogP contribution in [0.15, 0.2) is 35.7 Å². The van der Waals surface area contributed by atoms with Crippen LogP contribution in [0.4, 0.5) is 0 Å². The second-order valence-electron chi connectivity index (χ2n) is 3.77. The molecule has 0 aliphatic carbocycles. The molecule has 2 aromatic heterocycles. The topological polar surface area (TPSA) is 60.7 Å². The van der Waals surface area contributed by atoms with E-state index in [2.05, 4.69) is 15.2 Å². The first kappa shape index (κ1) is 11.5. The van der Waals surface area contributed by atoms with E-state index in [-0.39, 0.29) is 0 Å². The first-order valence-corrected chi connectivity index (χ1v) is 7.67. The fourth-order valence-corrected chi connectivity index (χ4v) is 3.28. The van der Waals surface area contributed by atoms with Gasteiger partial charge in [0.15, 0.2) is 0 Å². The number of hydrogen-bond acceptors (Lipinski definition) is 5. The number of fused-ring (bicyclic) bond motifs is 1. The normalized spacial score (nSPS) is 12.9. The zero-order chi connectivity index (χ0) is 12.5. The number of hydrogen-bond donors (Lipinski definition) is 0. The van der Waals surface area contributed by atoms with Gasteiger partial charge in [0.05, 0.1) is 27.6 Å². The monoisotopic (exact) mass is 278 g/mol. The van der Waals surface area contributed by atoms with E-state index in [1.807, 2.05) is 24.3 Å². The minimum Gasteiger partial charge on any atom is -0.300 e. The predicted molar refractivity (Wildman–Crippen MR) is 71.1 cm³/mol. The molecule has 3 rings (SSSR count). The molecular weight excluding hydrogens is 268 g/mol. The Morgan fingerprint density at radius 1 is 1.39 bits per heavy atom. The quantitative estimate of drug-likeness (QED) is 0.731. The third-order valence-corrected chi connectivity index (χ3v) is 4.33. The minimum atomic E-state index is -1.13. The van der Waals surface area contributed by atoms with E-state index >= 15 is 0 Å². The smallest absolute Gasteiger partial charge is 0.221 e. The first-order chi connectivity index (χ1) is 8.74. The lowest BCUT2D eigenvalue weighted by molar-refractivity contribution is 0.652. The average molecular weight is 278 g/mol. The van der Waals surface area contributed by atoms with E-state index in [9.17, 15) is 4.21 Å². The van der Waals surface area contributed by atoms with Gasteiger partial charge in [-0.25, -0.2) is 4.98 Å². The molecule has 18 heavy (non-hydrogen) atoms. The van der Waals surface area contributed by atoms with Gasteiger partial charge in [-0.15, -0.1) is 21.5 Å². The molecule has 92 valence electrons. The van der Waals surface area contributed by atoms with Crippen LogP contribution in [-0.2, 0) is 17.3 Å². The van der Waals surface area contributed by atoms with Gasteiger partial charge in [0.2, 0.25) is 5.16 Å². The molecule has 0 saturated heterocycles. The molecule has 0 saturated carbocycles. The summed E-state index contributed by atoms with van der Waals surface area (Å²) in [5.41, 5.74) is 0.991. The number of nitrogens with zero attached hydrogens (tertiary/aromatic N) is 4. The van der Waals surface area contributed by atoms with Crippen LogP contribution in [0.2, 0.25) is 0 Å². The molecule has 0 N–H and O–H groups in total. The molecule has 0 amide bonds. The maximum Gasteiger partial charge on any atom is 0.221 e. The summed E-state index contributed by atoms with van der Waals surface area (Å²) < 4.78 is 14.4. The van der Waals surface area contributed by atoms with Gasteiger partial charge in [-0.2, -0.15) is 0 Å². The van der Waals surface area contributed by atoms with Crippen LogP contribution in [0, 0.1) is 0 Å². The van der Waals surface area contributed by atoms with Crippen molar-refractivity contribution in [2.45, 2.75) is 11.7 Å². The summed E-state index contributed by atoms with van der Waals surface area (Å²) in [4.78, 5) is 4.53. The lowest BCUT2D eigenvalue weighted by Crippen LogP contribution is -2.04. The number of thiazole rings is 1. The Bertz CT molecular complexity index is 685. The van der Waals surface area contributed by atoms with Crippen LogP contribution >= 0.6 is 11.3 Å². The second-order valence-corrected chi connectivity index (χ2v) is 6.16. The third kappa shape index (κ3) is 2.06. The van der Waals surface area contributed by atoms with E-state index in [1.54, 1.807) is 28.5 Å². The maximum absolute atomic E-state index is 11.5. The van der Waals surface area contributed by atoms with Crippen LogP contribution in [0.3, 0.4) is 0 Å². The van der Waals surface area contributed by atoms with Crippen LogP contribution < -0.4 is 0 Å². The molecule has 2 heterocycles. The Morgan fingerprint density at radius 3 is 3.00 bits per heavy atom.